The number of H-pyrrole nitrogens is 1. The fourth-order valence-electron chi connectivity index (χ4n) is 1.80. The first-order chi connectivity index (χ1) is 8.85. The van der Waals surface area contributed by atoms with Gasteiger partial charge in [0.15, 0.2) is 0 Å². The van der Waals surface area contributed by atoms with Crippen LogP contribution in [0.5, 0.6) is 5.75 Å². The Balaban J connectivity index is 2.27. The molecular formula is C13H18N4O. The van der Waals surface area contributed by atoms with Gasteiger partial charge >= 0.3 is 0 Å². The summed E-state index contributed by atoms with van der Waals surface area (Å²) in [5, 5.41) is 3.45. The zero-order chi connectivity index (χ0) is 12.8. The Morgan fingerprint density at radius 3 is 3.00 bits per heavy atom. The van der Waals surface area contributed by atoms with Crippen molar-refractivity contribution >= 4 is 0 Å². The van der Waals surface area contributed by atoms with Gasteiger partial charge in [0.25, 0.3) is 0 Å². The van der Waals surface area contributed by atoms with Crippen molar-refractivity contribution in [1.82, 2.24) is 20.3 Å². The number of aromatic nitrogens is 3. The van der Waals surface area contributed by atoms with E-state index < -0.39 is 0 Å². The molecule has 2 aromatic heterocycles. The van der Waals surface area contributed by atoms with Gasteiger partial charge in [0.05, 0.1) is 19.3 Å². The second kappa shape index (κ2) is 6.16. The molecule has 0 saturated heterocycles. The molecule has 0 saturated carbocycles. The predicted octanol–water partition coefficient (Wildman–Crippen LogP) is 1.90. The molecule has 0 radical (unpaired) electrons. The van der Waals surface area contributed by atoms with Crippen molar-refractivity contribution in [3.8, 4) is 5.75 Å². The van der Waals surface area contributed by atoms with E-state index in [1.54, 1.807) is 19.5 Å². The zero-order valence-electron chi connectivity index (χ0n) is 10.7. The Morgan fingerprint density at radius 1 is 1.44 bits per heavy atom. The minimum Gasteiger partial charge on any atom is -0.495 e. The van der Waals surface area contributed by atoms with Gasteiger partial charge in [0.2, 0.25) is 0 Å². The molecule has 2 rings (SSSR count). The minimum atomic E-state index is 0.0162. The van der Waals surface area contributed by atoms with E-state index >= 15 is 0 Å². The Kier molecular flexibility index (Phi) is 4.30. The van der Waals surface area contributed by atoms with Crippen LogP contribution in [0.4, 0.5) is 0 Å². The number of methoxy groups -OCH3 is 1. The number of rotatable bonds is 6. The molecule has 0 aromatic carbocycles. The van der Waals surface area contributed by atoms with Crippen LogP contribution in [-0.4, -0.2) is 28.6 Å². The number of aromatic amines is 1. The number of nitrogens with one attached hydrogen (secondary N) is 2. The van der Waals surface area contributed by atoms with Crippen LogP contribution in [0, 0.1) is 0 Å². The first kappa shape index (κ1) is 12.6. The van der Waals surface area contributed by atoms with Crippen LogP contribution < -0.4 is 10.1 Å². The average molecular weight is 246 g/mol. The number of hydrogen-bond donors (Lipinski definition) is 2. The normalized spacial score (nSPS) is 12.3. The topological polar surface area (TPSA) is 62.8 Å². The molecule has 96 valence electrons. The molecule has 0 bridgehead atoms. The van der Waals surface area contributed by atoms with Gasteiger partial charge in [-0.15, -0.1) is 0 Å². The van der Waals surface area contributed by atoms with E-state index in [2.05, 4.69) is 27.2 Å². The third kappa shape index (κ3) is 2.87. The molecule has 0 aliphatic rings. The van der Waals surface area contributed by atoms with E-state index in [1.165, 1.54) is 0 Å². The Hall–Kier alpha value is -1.88. The molecule has 0 fully saturated rings. The summed E-state index contributed by atoms with van der Waals surface area (Å²) in [6, 6.07) is 1.99. The Labute approximate surface area is 107 Å². The fraction of sp³-hybridized carbons (Fsp3) is 0.385. The van der Waals surface area contributed by atoms with Gasteiger partial charge in [-0.25, -0.2) is 4.98 Å². The molecule has 1 unspecified atom stereocenters. The molecule has 0 aliphatic carbocycles. The Morgan fingerprint density at radius 2 is 2.33 bits per heavy atom. The van der Waals surface area contributed by atoms with E-state index in [4.69, 9.17) is 4.74 Å². The molecular weight excluding hydrogens is 228 g/mol. The van der Waals surface area contributed by atoms with Crippen molar-refractivity contribution in [2.75, 3.05) is 13.7 Å². The molecule has 2 heterocycles. The lowest BCUT2D eigenvalue weighted by atomic mass is 10.1. The van der Waals surface area contributed by atoms with Gasteiger partial charge in [-0.1, -0.05) is 6.92 Å². The summed E-state index contributed by atoms with van der Waals surface area (Å²) < 4.78 is 5.21. The summed E-state index contributed by atoms with van der Waals surface area (Å²) in [7, 11) is 1.64. The minimum absolute atomic E-state index is 0.0162. The molecule has 0 aliphatic heterocycles. The highest BCUT2D eigenvalue weighted by Gasteiger charge is 2.16. The lowest BCUT2D eigenvalue weighted by molar-refractivity contribution is 0.411. The van der Waals surface area contributed by atoms with Gasteiger partial charge < -0.3 is 15.0 Å². The van der Waals surface area contributed by atoms with Gasteiger partial charge in [-0.2, -0.15) is 0 Å². The van der Waals surface area contributed by atoms with Crippen LogP contribution in [0.25, 0.3) is 0 Å². The second-order valence-electron chi connectivity index (χ2n) is 4.02. The summed E-state index contributed by atoms with van der Waals surface area (Å²) in [5.74, 6) is 1.64. The highest BCUT2D eigenvalue weighted by molar-refractivity contribution is 5.29. The summed E-state index contributed by atoms with van der Waals surface area (Å²) >= 11 is 0. The van der Waals surface area contributed by atoms with Gasteiger partial charge in [-0.05, 0) is 24.6 Å². The molecule has 1 atom stereocenters. The van der Waals surface area contributed by atoms with Crippen molar-refractivity contribution in [1.29, 1.82) is 0 Å². The van der Waals surface area contributed by atoms with Gasteiger partial charge in [0.1, 0.15) is 11.6 Å². The molecule has 2 aromatic rings. The summed E-state index contributed by atoms with van der Waals surface area (Å²) in [5.41, 5.74) is 1.04. The van der Waals surface area contributed by atoms with Crippen LogP contribution in [-0.2, 0) is 0 Å². The third-order valence-electron chi connectivity index (χ3n) is 2.69. The smallest absolute Gasteiger partial charge is 0.137 e. The van der Waals surface area contributed by atoms with E-state index in [0.717, 1.165) is 30.1 Å². The molecule has 5 nitrogen and oxygen atoms in total. The maximum Gasteiger partial charge on any atom is 0.137 e. The quantitative estimate of drug-likeness (QED) is 0.817. The summed E-state index contributed by atoms with van der Waals surface area (Å²) in [6.45, 7) is 3.05. The van der Waals surface area contributed by atoms with Crippen LogP contribution in [0.2, 0.25) is 0 Å². The monoisotopic (exact) mass is 246 g/mol. The van der Waals surface area contributed by atoms with E-state index in [9.17, 15) is 0 Å². The molecule has 0 amide bonds. The molecule has 5 heteroatoms. The third-order valence-corrected chi connectivity index (χ3v) is 2.69. The highest BCUT2D eigenvalue weighted by atomic mass is 16.5. The molecule has 0 spiro atoms. The molecule has 18 heavy (non-hydrogen) atoms. The maximum atomic E-state index is 5.21. The van der Waals surface area contributed by atoms with Crippen LogP contribution in [0.1, 0.15) is 30.8 Å². The highest BCUT2D eigenvalue weighted by Crippen LogP contribution is 2.21. The number of hydrogen-bond acceptors (Lipinski definition) is 4. The van der Waals surface area contributed by atoms with E-state index in [-0.39, 0.29) is 6.04 Å². The van der Waals surface area contributed by atoms with Crippen molar-refractivity contribution in [2.24, 2.45) is 0 Å². The fourth-order valence-corrected chi connectivity index (χ4v) is 1.80. The molecule has 2 N–H and O–H groups in total. The maximum absolute atomic E-state index is 5.21. The van der Waals surface area contributed by atoms with Gasteiger partial charge in [-0.3, -0.25) is 4.98 Å². The number of pyridine rings is 1. The Bertz CT molecular complexity index is 470. The zero-order valence-corrected chi connectivity index (χ0v) is 10.7. The predicted molar refractivity (Wildman–Crippen MR) is 69.5 cm³/mol. The van der Waals surface area contributed by atoms with Crippen molar-refractivity contribution in [3.05, 3.63) is 42.2 Å². The number of ether oxygens (including phenoxy) is 1. The number of imidazole rings is 1. The van der Waals surface area contributed by atoms with Crippen molar-refractivity contribution < 1.29 is 4.74 Å². The first-order valence-electron chi connectivity index (χ1n) is 6.06. The van der Waals surface area contributed by atoms with Crippen LogP contribution in [0.15, 0.2) is 30.9 Å². The van der Waals surface area contributed by atoms with Crippen molar-refractivity contribution in [2.45, 2.75) is 19.4 Å². The lowest BCUT2D eigenvalue weighted by Crippen LogP contribution is -2.24. The van der Waals surface area contributed by atoms with Crippen molar-refractivity contribution in [3.63, 3.8) is 0 Å². The number of nitrogens with zero attached hydrogens (tertiary/aromatic N) is 2. The average Bonchev–Trinajstić information content (AvgIpc) is 2.93. The van der Waals surface area contributed by atoms with E-state index in [0.29, 0.717) is 0 Å². The van der Waals surface area contributed by atoms with E-state index in [1.807, 2.05) is 18.5 Å². The van der Waals surface area contributed by atoms with Crippen LogP contribution >= 0.6 is 0 Å². The largest absolute Gasteiger partial charge is 0.495 e. The summed E-state index contributed by atoms with van der Waals surface area (Å²) in [4.78, 5) is 11.6. The van der Waals surface area contributed by atoms with Gasteiger partial charge in [0, 0.05) is 18.6 Å². The first-order valence-corrected chi connectivity index (χ1v) is 6.06. The second-order valence-corrected chi connectivity index (χ2v) is 4.02. The lowest BCUT2D eigenvalue weighted by Gasteiger charge is -2.17. The summed E-state index contributed by atoms with van der Waals surface area (Å²) in [6.07, 6.45) is 8.17. The SMILES string of the molecule is CCCNC(c1cncc(OC)c1)c1ncc[nH]1. The standard InChI is InChI=1S/C13H18N4O/c1-3-4-15-12(13-16-5-6-17-13)10-7-11(18-2)9-14-8-10/h5-9,12,15H,3-4H2,1-2H3,(H,16,17). The van der Waals surface area contributed by atoms with Crippen LogP contribution in [0.3, 0.4) is 0 Å².